The lowest BCUT2D eigenvalue weighted by molar-refractivity contribution is -0.384. The van der Waals surface area contributed by atoms with E-state index in [-0.39, 0.29) is 24.1 Å². The smallest absolute Gasteiger partial charge is 0.269 e. The molecule has 1 amide bonds. The van der Waals surface area contributed by atoms with E-state index in [0.29, 0.717) is 24.8 Å². The summed E-state index contributed by atoms with van der Waals surface area (Å²) in [4.78, 5) is 22.7. The van der Waals surface area contributed by atoms with Crippen LogP contribution in [0.15, 0.2) is 24.3 Å². The molecule has 1 saturated carbocycles. The Bertz CT molecular complexity index is 567. The van der Waals surface area contributed by atoms with Gasteiger partial charge in [-0.05, 0) is 24.8 Å². The number of hydrogen-bond acceptors (Lipinski definition) is 4. The van der Waals surface area contributed by atoms with Gasteiger partial charge in [-0.25, -0.2) is 0 Å². The second kappa shape index (κ2) is 7.55. The lowest BCUT2D eigenvalue weighted by Gasteiger charge is -2.32. The van der Waals surface area contributed by atoms with Crippen LogP contribution < -0.4 is 5.32 Å². The Morgan fingerprint density at radius 1 is 1.39 bits per heavy atom. The number of carbonyl (C=O) groups excluding carboxylic acids is 1. The van der Waals surface area contributed by atoms with E-state index in [9.17, 15) is 20.0 Å². The molecule has 0 bridgehead atoms. The van der Waals surface area contributed by atoms with Gasteiger partial charge in [0.1, 0.15) is 0 Å². The van der Waals surface area contributed by atoms with E-state index in [1.54, 1.807) is 12.1 Å². The highest BCUT2D eigenvalue weighted by Crippen LogP contribution is 2.31. The van der Waals surface area contributed by atoms with E-state index in [4.69, 9.17) is 0 Å². The Balaban J connectivity index is 2.02. The fourth-order valence-electron chi connectivity index (χ4n) is 3.21. The predicted molar refractivity (Wildman–Crippen MR) is 86.9 cm³/mol. The molecule has 0 radical (unpaired) electrons. The molecular weight excluding hydrogens is 296 g/mol. The average Bonchev–Trinajstić information content (AvgIpc) is 2.53. The van der Waals surface area contributed by atoms with Crippen LogP contribution in [-0.2, 0) is 4.79 Å². The molecule has 1 aliphatic carbocycles. The summed E-state index contributed by atoms with van der Waals surface area (Å²) in [7, 11) is 0. The summed E-state index contributed by atoms with van der Waals surface area (Å²) in [6, 6.07) is 6.04. The fraction of sp³-hybridized carbons (Fsp3) is 0.588. The SMILES string of the molecule is CCC(NC(=O)CC1(O)CCCCC1)c1cccc([N+](=O)[O-])c1. The standard InChI is InChI=1S/C17H24N2O4/c1-2-15(13-7-6-8-14(11-13)19(22)23)18-16(20)12-17(21)9-4-3-5-10-17/h6-8,11,15,21H,2-5,9-10,12H2,1H3,(H,18,20). The molecule has 0 heterocycles. The molecule has 0 aromatic heterocycles. The number of non-ortho nitro benzene ring substituents is 1. The van der Waals surface area contributed by atoms with Gasteiger partial charge >= 0.3 is 0 Å². The summed E-state index contributed by atoms with van der Waals surface area (Å²) in [5.41, 5.74) is -0.171. The average molecular weight is 320 g/mol. The maximum absolute atomic E-state index is 12.3. The van der Waals surface area contributed by atoms with Crippen molar-refractivity contribution in [2.45, 2.75) is 63.5 Å². The topological polar surface area (TPSA) is 92.5 Å². The molecule has 2 N–H and O–H groups in total. The summed E-state index contributed by atoms with van der Waals surface area (Å²) in [5.74, 6) is -0.201. The first-order valence-electron chi connectivity index (χ1n) is 8.19. The molecule has 6 heteroatoms. The van der Waals surface area contributed by atoms with Crippen molar-refractivity contribution in [3.05, 3.63) is 39.9 Å². The maximum Gasteiger partial charge on any atom is 0.269 e. The minimum Gasteiger partial charge on any atom is -0.389 e. The van der Waals surface area contributed by atoms with Crippen LogP contribution in [0.25, 0.3) is 0 Å². The van der Waals surface area contributed by atoms with Crippen molar-refractivity contribution in [3.8, 4) is 0 Å². The van der Waals surface area contributed by atoms with Crippen molar-refractivity contribution < 1.29 is 14.8 Å². The highest BCUT2D eigenvalue weighted by Gasteiger charge is 2.32. The third kappa shape index (κ3) is 4.76. The molecule has 1 unspecified atom stereocenters. The van der Waals surface area contributed by atoms with Crippen LogP contribution in [0, 0.1) is 10.1 Å². The molecule has 1 atom stereocenters. The summed E-state index contributed by atoms with van der Waals surface area (Å²) >= 11 is 0. The van der Waals surface area contributed by atoms with Crippen LogP contribution in [0.1, 0.15) is 63.5 Å². The molecular formula is C17H24N2O4. The Labute approximate surface area is 136 Å². The zero-order valence-electron chi connectivity index (χ0n) is 13.5. The summed E-state index contributed by atoms with van der Waals surface area (Å²) in [6.45, 7) is 1.92. The van der Waals surface area contributed by atoms with Gasteiger partial charge in [-0.2, -0.15) is 0 Å². The highest BCUT2D eigenvalue weighted by atomic mass is 16.6. The number of aliphatic hydroxyl groups is 1. The van der Waals surface area contributed by atoms with Gasteiger partial charge in [-0.15, -0.1) is 0 Å². The van der Waals surface area contributed by atoms with Crippen LogP contribution >= 0.6 is 0 Å². The molecule has 1 aromatic rings. The lowest BCUT2D eigenvalue weighted by atomic mass is 9.82. The number of hydrogen-bond donors (Lipinski definition) is 2. The molecule has 2 rings (SSSR count). The minimum atomic E-state index is -0.899. The molecule has 1 aromatic carbocycles. The molecule has 0 spiro atoms. The first kappa shape index (κ1) is 17.4. The van der Waals surface area contributed by atoms with E-state index in [0.717, 1.165) is 19.3 Å². The van der Waals surface area contributed by atoms with Gasteiger partial charge in [0, 0.05) is 12.1 Å². The van der Waals surface area contributed by atoms with Crippen molar-refractivity contribution in [2.24, 2.45) is 0 Å². The third-order valence-electron chi connectivity index (χ3n) is 4.50. The fourth-order valence-corrected chi connectivity index (χ4v) is 3.21. The van der Waals surface area contributed by atoms with Gasteiger partial charge in [-0.1, -0.05) is 38.3 Å². The van der Waals surface area contributed by atoms with Crippen LogP contribution in [0.5, 0.6) is 0 Å². The molecule has 0 aliphatic heterocycles. The van der Waals surface area contributed by atoms with Gasteiger partial charge in [-0.3, -0.25) is 14.9 Å². The van der Waals surface area contributed by atoms with Crippen molar-refractivity contribution in [1.29, 1.82) is 0 Å². The summed E-state index contributed by atoms with van der Waals surface area (Å²) < 4.78 is 0. The maximum atomic E-state index is 12.3. The normalized spacial score (nSPS) is 18.2. The van der Waals surface area contributed by atoms with E-state index in [2.05, 4.69) is 5.32 Å². The van der Waals surface area contributed by atoms with Crippen LogP contribution in [0.2, 0.25) is 0 Å². The quantitative estimate of drug-likeness (QED) is 0.621. The molecule has 1 aliphatic rings. The number of nitro groups is 1. The van der Waals surface area contributed by atoms with Crippen LogP contribution in [0.4, 0.5) is 5.69 Å². The van der Waals surface area contributed by atoms with Crippen molar-refractivity contribution in [2.75, 3.05) is 0 Å². The molecule has 23 heavy (non-hydrogen) atoms. The largest absolute Gasteiger partial charge is 0.389 e. The number of nitrogens with zero attached hydrogens (tertiary/aromatic N) is 1. The molecule has 0 saturated heterocycles. The van der Waals surface area contributed by atoms with Gasteiger partial charge in [0.2, 0.25) is 5.91 Å². The van der Waals surface area contributed by atoms with Gasteiger partial charge in [0.15, 0.2) is 0 Å². The van der Waals surface area contributed by atoms with Crippen molar-refractivity contribution in [1.82, 2.24) is 5.32 Å². The second-order valence-corrected chi connectivity index (χ2v) is 6.34. The molecule has 126 valence electrons. The number of carbonyl (C=O) groups is 1. The predicted octanol–water partition coefficient (Wildman–Crippen LogP) is 3.25. The zero-order valence-corrected chi connectivity index (χ0v) is 13.5. The Hall–Kier alpha value is -1.95. The zero-order chi connectivity index (χ0) is 16.9. The number of nitrogens with one attached hydrogen (secondary N) is 1. The van der Waals surface area contributed by atoms with E-state index in [1.807, 2.05) is 6.92 Å². The number of benzene rings is 1. The Kier molecular flexibility index (Phi) is 5.71. The first-order chi connectivity index (χ1) is 10.9. The van der Waals surface area contributed by atoms with Crippen LogP contribution in [-0.4, -0.2) is 21.5 Å². The first-order valence-corrected chi connectivity index (χ1v) is 8.19. The summed E-state index contributed by atoms with van der Waals surface area (Å²) in [5, 5.41) is 24.2. The number of amides is 1. The summed E-state index contributed by atoms with van der Waals surface area (Å²) in [6.07, 6.45) is 5.05. The van der Waals surface area contributed by atoms with Crippen molar-refractivity contribution >= 4 is 11.6 Å². The van der Waals surface area contributed by atoms with E-state index >= 15 is 0 Å². The van der Waals surface area contributed by atoms with E-state index in [1.165, 1.54) is 12.1 Å². The minimum absolute atomic E-state index is 0.0149. The van der Waals surface area contributed by atoms with Gasteiger partial charge < -0.3 is 10.4 Å². The Morgan fingerprint density at radius 3 is 2.70 bits per heavy atom. The molecule has 6 nitrogen and oxygen atoms in total. The molecule has 1 fully saturated rings. The van der Waals surface area contributed by atoms with Gasteiger partial charge in [0.05, 0.1) is 23.0 Å². The number of rotatable bonds is 6. The number of nitro benzene ring substituents is 1. The van der Waals surface area contributed by atoms with Gasteiger partial charge in [0.25, 0.3) is 5.69 Å². The second-order valence-electron chi connectivity index (χ2n) is 6.34. The monoisotopic (exact) mass is 320 g/mol. The van der Waals surface area contributed by atoms with Crippen molar-refractivity contribution in [3.63, 3.8) is 0 Å². The lowest BCUT2D eigenvalue weighted by Crippen LogP contribution is -2.39. The van der Waals surface area contributed by atoms with Crippen LogP contribution in [0.3, 0.4) is 0 Å². The highest BCUT2D eigenvalue weighted by molar-refractivity contribution is 5.77. The third-order valence-corrected chi connectivity index (χ3v) is 4.50. The Morgan fingerprint density at radius 2 is 2.09 bits per heavy atom. The van der Waals surface area contributed by atoms with E-state index < -0.39 is 10.5 Å².